The third-order valence-electron chi connectivity index (χ3n) is 3.75. The molecule has 0 N–H and O–H groups in total. The molecule has 0 amide bonds. The standard InChI is InChI=1S/C3H10O19Si16/c1-19-38(20-2,21-3)22-24(5)26(7)28(9)30(11)32(13)34(15)36(17)37(18)35(16)33(14)31(12)29(10)27(8)25(6)23-4/h23H,1-3H3. The highest BCUT2D eigenvalue weighted by atomic mass is 30.1. The first-order valence-corrected chi connectivity index (χ1v) is 45.4. The second kappa shape index (κ2) is 17.2. The van der Waals surface area contributed by atoms with E-state index >= 15 is 0 Å². The molecule has 0 aliphatic carbocycles. The lowest BCUT2D eigenvalue weighted by atomic mass is 11.8. The Morgan fingerprint density at radius 2 is 0.658 bits per heavy atom. The predicted molar refractivity (Wildman–Crippen MR) is 126 cm³/mol. The van der Waals surface area contributed by atoms with Crippen LogP contribution in [-0.2, 0) is 84.3 Å². The zero-order chi connectivity index (χ0) is 30.1. The molecule has 0 rings (SSSR count). The van der Waals surface area contributed by atoms with Gasteiger partial charge in [-0.15, -0.1) is 0 Å². The maximum absolute atomic E-state index is 12.3. The average Bonchev–Trinajstić information content (AvgIpc) is 2.94. The van der Waals surface area contributed by atoms with E-state index in [1.54, 1.807) is 0 Å². The van der Waals surface area contributed by atoms with Crippen molar-refractivity contribution >= 4 is 127 Å². The smallest absolute Gasteiger partial charge is 0.516 e. The Bertz CT molecular complexity index is 1260. The van der Waals surface area contributed by atoms with Crippen molar-refractivity contribution in [3.05, 3.63) is 0 Å². The first-order chi connectivity index (χ1) is 17.5. The third-order valence-corrected chi connectivity index (χ3v) is 110. The Kier molecular flexibility index (Phi) is 17.3. The number of hydrogen-bond donors (Lipinski definition) is 0. The molecule has 0 atom stereocenters. The third kappa shape index (κ3) is 9.62. The lowest BCUT2D eigenvalue weighted by Crippen LogP contribution is -2.56. The highest BCUT2D eigenvalue weighted by molar-refractivity contribution is 7.80. The molecule has 19 nitrogen and oxygen atoms in total. The van der Waals surface area contributed by atoms with Gasteiger partial charge in [0.1, 0.15) is 0 Å². The van der Waals surface area contributed by atoms with E-state index in [1.165, 1.54) is 0 Å². The summed E-state index contributed by atoms with van der Waals surface area (Å²) in [6.45, 7) is 0. The van der Waals surface area contributed by atoms with Crippen LogP contribution in [0.1, 0.15) is 0 Å². The fourth-order valence-corrected chi connectivity index (χ4v) is 152. The first kappa shape index (κ1) is 38.2. The summed E-state index contributed by atoms with van der Waals surface area (Å²) in [5.41, 5.74) is 0. The van der Waals surface area contributed by atoms with Gasteiger partial charge in [0, 0.05) is 21.3 Å². The second-order valence-electron chi connectivity index (χ2n) is 5.93. The van der Waals surface area contributed by atoms with Gasteiger partial charge in [0.05, 0.1) is 0 Å². The molecule has 0 heterocycles. The van der Waals surface area contributed by atoms with Crippen molar-refractivity contribution in [2.45, 2.75) is 0 Å². The van der Waals surface area contributed by atoms with Gasteiger partial charge in [-0.25, -0.2) is 0 Å². The van der Waals surface area contributed by atoms with E-state index in [-0.39, 0.29) is 0 Å². The molecule has 0 radical (unpaired) electrons. The fraction of sp³-hybridized carbons (Fsp3) is 1.00. The Balaban J connectivity index is 5.60. The van der Waals surface area contributed by atoms with Crippen LogP contribution in [0.15, 0.2) is 0 Å². The van der Waals surface area contributed by atoms with Gasteiger partial charge in [-0.3, -0.25) is 0 Å². The summed E-state index contributed by atoms with van der Waals surface area (Å²) in [6, 6.07) is 0. The van der Waals surface area contributed by atoms with Crippen LogP contribution in [0.3, 0.4) is 0 Å². The summed E-state index contributed by atoms with van der Waals surface area (Å²) in [7, 11) is -59.5. The van der Waals surface area contributed by atoms with E-state index in [9.17, 15) is 66.9 Å². The van der Waals surface area contributed by atoms with Gasteiger partial charge in [-0.2, -0.15) is 0 Å². The summed E-state index contributed by atoms with van der Waals surface area (Å²) in [6.07, 6.45) is 0. The molecule has 38 heavy (non-hydrogen) atoms. The SMILES string of the molecule is CO[Si](OC)(OC)O[Si](=O)[Si](=O)[Si](=O)[Si](=O)[Si](=O)[Si](=O)[Si](=O)[Si](=O)[Si](=O)[Si](=O)[Si](=O)[Si](=O)[Si](=O)[Si](=O)[SiH]=O. The first-order valence-electron chi connectivity index (χ1n) is 8.88. The molecule has 200 valence electrons. The van der Waals surface area contributed by atoms with Crippen LogP contribution in [0.2, 0.25) is 0 Å². The maximum atomic E-state index is 12.3. The van der Waals surface area contributed by atoms with Gasteiger partial charge in [0.25, 0.3) is 0 Å². The highest BCUT2D eigenvalue weighted by Crippen LogP contribution is 2.07. The predicted octanol–water partition coefficient (Wildman–Crippen LogP) is -7.92. The molecule has 0 saturated carbocycles. The Hall–Kier alpha value is 0.150. The minimum Gasteiger partial charge on any atom is -0.516 e. The number of rotatable bonds is 19. The summed E-state index contributed by atoms with van der Waals surface area (Å²) in [5, 5.41) is 0. The van der Waals surface area contributed by atoms with Gasteiger partial charge in [-0.05, 0) is 0 Å². The Labute approximate surface area is 231 Å². The van der Waals surface area contributed by atoms with Crippen molar-refractivity contribution in [2.24, 2.45) is 0 Å². The molecule has 0 aliphatic rings. The van der Waals surface area contributed by atoms with E-state index in [0.717, 1.165) is 21.3 Å². The molecular weight excluding hydrogens is 789 g/mol. The normalized spacial score (nSPS) is 10.3. The zero-order valence-electron chi connectivity index (χ0n) is 18.8. The van der Waals surface area contributed by atoms with Crippen molar-refractivity contribution in [3.63, 3.8) is 0 Å². The van der Waals surface area contributed by atoms with Crippen LogP contribution in [-0.4, -0.2) is 148 Å². The summed E-state index contributed by atoms with van der Waals surface area (Å²) in [5.74, 6) is 0. The Morgan fingerprint density at radius 1 is 0.421 bits per heavy atom. The van der Waals surface area contributed by atoms with Crippen molar-refractivity contribution in [1.29, 1.82) is 0 Å². The van der Waals surface area contributed by atoms with Gasteiger partial charge >= 0.3 is 127 Å². The van der Waals surface area contributed by atoms with Crippen LogP contribution in [0.25, 0.3) is 0 Å². The average molecular weight is 799 g/mol. The monoisotopic (exact) mass is 798 g/mol. The molecule has 0 aromatic rings. The quantitative estimate of drug-likeness (QED) is 0.110. The zero-order valence-corrected chi connectivity index (χ0v) is 35.0. The fourth-order valence-electron chi connectivity index (χ4n) is 1.82. The number of hydrogen-bond acceptors (Lipinski definition) is 19. The van der Waals surface area contributed by atoms with E-state index in [1.807, 2.05) is 0 Å². The van der Waals surface area contributed by atoms with Gasteiger partial charge in [-0.1, -0.05) is 0 Å². The minimum atomic E-state index is -4.24. The molecular formula is C3H10O19Si16. The summed E-state index contributed by atoms with van der Waals surface area (Å²) in [4.78, 5) is 0. The lowest BCUT2D eigenvalue weighted by molar-refractivity contribution is 0.0494. The van der Waals surface area contributed by atoms with Crippen LogP contribution in [0.5, 0.6) is 0 Å². The molecule has 0 aromatic heterocycles. The second-order valence-corrected chi connectivity index (χ2v) is 75.8. The van der Waals surface area contributed by atoms with E-state index in [0.29, 0.717) is 0 Å². The van der Waals surface area contributed by atoms with Crippen molar-refractivity contribution in [3.8, 4) is 0 Å². The minimum absolute atomic E-state index is 1.01. The molecule has 0 aliphatic heterocycles. The molecule has 0 bridgehead atoms. The lowest BCUT2D eigenvalue weighted by Gasteiger charge is -2.21. The van der Waals surface area contributed by atoms with Crippen LogP contribution >= 0.6 is 0 Å². The van der Waals surface area contributed by atoms with E-state index in [4.69, 9.17) is 17.4 Å². The van der Waals surface area contributed by atoms with Gasteiger partial charge in [0.15, 0.2) is 0 Å². The van der Waals surface area contributed by atoms with Crippen molar-refractivity contribution in [1.82, 2.24) is 0 Å². The van der Waals surface area contributed by atoms with Crippen LogP contribution in [0.4, 0.5) is 0 Å². The van der Waals surface area contributed by atoms with Crippen molar-refractivity contribution < 1.29 is 84.3 Å². The van der Waals surface area contributed by atoms with E-state index in [2.05, 4.69) is 0 Å². The molecule has 0 fully saturated rings. The maximum Gasteiger partial charge on any atom is 0.736 e. The van der Waals surface area contributed by atoms with E-state index < -0.39 is 127 Å². The van der Waals surface area contributed by atoms with Crippen LogP contribution in [0, 0.1) is 0 Å². The summed E-state index contributed by atoms with van der Waals surface area (Å²) < 4.78 is 199. The van der Waals surface area contributed by atoms with Crippen molar-refractivity contribution in [2.75, 3.05) is 21.3 Å². The molecule has 0 aromatic carbocycles. The van der Waals surface area contributed by atoms with Gasteiger partial charge < -0.3 is 84.3 Å². The topological polar surface area (TPSA) is 293 Å². The molecule has 0 saturated heterocycles. The Morgan fingerprint density at radius 3 is 0.895 bits per heavy atom. The molecule has 0 spiro atoms. The molecule has 35 heteroatoms. The molecule has 0 unspecified atom stereocenters. The van der Waals surface area contributed by atoms with Crippen LogP contribution < -0.4 is 0 Å². The van der Waals surface area contributed by atoms with Gasteiger partial charge in [0.2, 0.25) is 0 Å². The highest BCUT2D eigenvalue weighted by Gasteiger charge is 2.56. The summed E-state index contributed by atoms with van der Waals surface area (Å²) >= 11 is 0. The largest absolute Gasteiger partial charge is 0.736 e.